The fraction of sp³-hybridized carbons (Fsp3) is 0.632. The largest absolute Gasteiger partial charge is 0.494 e. The van der Waals surface area contributed by atoms with Crippen LogP contribution >= 0.6 is 0 Å². The number of carbonyl (C=O) groups is 1. The Morgan fingerprint density at radius 2 is 1.69 bits per heavy atom. The first kappa shape index (κ1) is 20.6. The Kier molecular flexibility index (Phi) is 6.58. The van der Waals surface area contributed by atoms with Gasteiger partial charge in [0.2, 0.25) is 0 Å². The second-order valence-electron chi connectivity index (χ2n) is 7.91. The highest BCUT2D eigenvalue weighted by molar-refractivity contribution is 6.62. The van der Waals surface area contributed by atoms with Crippen molar-refractivity contribution >= 4 is 18.6 Å². The number of carbonyl (C=O) groups excluding carboxylic acids is 1. The zero-order valence-electron chi connectivity index (χ0n) is 16.7. The number of ether oxygens (including phenoxy) is 1. The van der Waals surface area contributed by atoms with Crippen LogP contribution in [-0.2, 0) is 9.31 Å². The van der Waals surface area contributed by atoms with E-state index in [0.29, 0.717) is 13.2 Å². The lowest BCUT2D eigenvalue weighted by molar-refractivity contribution is 0.00578. The number of hydrogen-bond donors (Lipinski definition) is 2. The van der Waals surface area contributed by atoms with Crippen LogP contribution in [0.1, 0.15) is 48.0 Å². The van der Waals surface area contributed by atoms with Gasteiger partial charge in [0.25, 0.3) is 0 Å². The summed E-state index contributed by atoms with van der Waals surface area (Å²) in [5.41, 5.74) is 0.284. The fourth-order valence-corrected chi connectivity index (χ4v) is 2.48. The first-order valence-electron chi connectivity index (χ1n) is 9.23. The van der Waals surface area contributed by atoms with E-state index in [1.54, 1.807) is 0 Å². The van der Waals surface area contributed by atoms with Gasteiger partial charge in [0.05, 0.1) is 17.8 Å². The lowest BCUT2D eigenvalue weighted by atomic mass is 9.79. The summed E-state index contributed by atoms with van der Waals surface area (Å²) in [6.07, 6.45) is 0.741. The van der Waals surface area contributed by atoms with Crippen LogP contribution < -0.4 is 20.8 Å². The van der Waals surface area contributed by atoms with Crippen molar-refractivity contribution in [2.45, 2.75) is 65.2 Å². The molecular formula is C19H31BN2O4. The Labute approximate surface area is 157 Å². The molecule has 1 aliphatic heterocycles. The van der Waals surface area contributed by atoms with Gasteiger partial charge in [-0.25, -0.2) is 4.79 Å². The highest BCUT2D eigenvalue weighted by Crippen LogP contribution is 2.36. The minimum atomic E-state index is -0.363. The summed E-state index contributed by atoms with van der Waals surface area (Å²) in [4.78, 5) is 11.5. The molecule has 0 aliphatic carbocycles. The van der Waals surface area contributed by atoms with Gasteiger partial charge in [-0.3, -0.25) is 0 Å². The zero-order chi connectivity index (χ0) is 19.4. The van der Waals surface area contributed by atoms with Gasteiger partial charge in [-0.15, -0.1) is 0 Å². The van der Waals surface area contributed by atoms with Crippen LogP contribution in [0.4, 0.5) is 4.79 Å². The molecule has 26 heavy (non-hydrogen) atoms. The molecule has 2 N–H and O–H groups in total. The van der Waals surface area contributed by atoms with Gasteiger partial charge in [0, 0.05) is 12.6 Å². The molecule has 1 aromatic rings. The van der Waals surface area contributed by atoms with Crippen molar-refractivity contribution in [3.8, 4) is 5.75 Å². The molecule has 7 heteroatoms. The molecule has 1 saturated heterocycles. The van der Waals surface area contributed by atoms with Crippen molar-refractivity contribution in [3.63, 3.8) is 0 Å². The average molecular weight is 362 g/mol. The van der Waals surface area contributed by atoms with Gasteiger partial charge in [0.15, 0.2) is 0 Å². The Hall–Kier alpha value is -1.73. The van der Waals surface area contributed by atoms with E-state index in [0.717, 1.165) is 17.6 Å². The lowest BCUT2D eigenvalue weighted by Crippen LogP contribution is -2.41. The maximum Gasteiger partial charge on any atom is 0.494 e. The Morgan fingerprint density at radius 1 is 1.12 bits per heavy atom. The summed E-state index contributed by atoms with van der Waals surface area (Å²) >= 11 is 0. The summed E-state index contributed by atoms with van der Waals surface area (Å²) in [7, 11) is -0.363. The molecule has 1 aromatic carbocycles. The summed E-state index contributed by atoms with van der Waals surface area (Å²) in [5, 5.41) is 5.58. The number of nitrogens with one attached hydrogen (secondary N) is 2. The molecule has 1 fully saturated rings. The summed E-state index contributed by atoms with van der Waals surface area (Å²) < 4.78 is 17.8. The van der Waals surface area contributed by atoms with Crippen LogP contribution in [0.25, 0.3) is 0 Å². The second-order valence-corrected chi connectivity index (χ2v) is 7.91. The van der Waals surface area contributed by atoms with Crippen LogP contribution in [0.5, 0.6) is 5.75 Å². The summed E-state index contributed by atoms with van der Waals surface area (Å²) in [6.45, 7) is 13.1. The van der Waals surface area contributed by atoms with Crippen LogP contribution in [0.3, 0.4) is 0 Å². The molecule has 0 bridgehead atoms. The first-order valence-corrected chi connectivity index (χ1v) is 9.23. The van der Waals surface area contributed by atoms with Crippen LogP contribution in [-0.4, -0.2) is 43.5 Å². The molecule has 0 unspecified atom stereocenters. The summed E-state index contributed by atoms with van der Waals surface area (Å²) in [5.74, 6) is 0.789. The Bertz CT molecular complexity index is 586. The Balaban J connectivity index is 1.74. The van der Waals surface area contributed by atoms with Crippen molar-refractivity contribution in [1.82, 2.24) is 10.6 Å². The maximum atomic E-state index is 11.5. The molecule has 0 atom stereocenters. The minimum Gasteiger partial charge on any atom is -0.494 e. The number of hydrogen-bond acceptors (Lipinski definition) is 4. The van der Waals surface area contributed by atoms with E-state index in [4.69, 9.17) is 14.0 Å². The van der Waals surface area contributed by atoms with E-state index < -0.39 is 0 Å². The molecule has 0 radical (unpaired) electrons. The van der Waals surface area contributed by atoms with Gasteiger partial charge in [0.1, 0.15) is 5.75 Å². The molecule has 144 valence electrons. The molecule has 6 nitrogen and oxygen atoms in total. The third-order valence-corrected chi connectivity index (χ3v) is 4.70. The van der Waals surface area contributed by atoms with Crippen LogP contribution in [0, 0.1) is 0 Å². The van der Waals surface area contributed by atoms with E-state index in [2.05, 4.69) is 10.6 Å². The van der Waals surface area contributed by atoms with Gasteiger partial charge < -0.3 is 24.7 Å². The molecule has 0 aromatic heterocycles. The van der Waals surface area contributed by atoms with Crippen LogP contribution in [0.15, 0.2) is 24.3 Å². The SMILES string of the molecule is CC(C)NC(=O)NCCCOc1ccc(B2OC(C)(C)C(C)(C)O2)cc1. The predicted octanol–water partition coefficient (Wildman–Crippen LogP) is 2.46. The summed E-state index contributed by atoms with van der Waals surface area (Å²) in [6, 6.07) is 7.75. The van der Waals surface area contributed by atoms with Crippen molar-refractivity contribution in [2.24, 2.45) is 0 Å². The molecule has 2 rings (SSSR count). The van der Waals surface area contributed by atoms with E-state index in [9.17, 15) is 4.79 Å². The smallest absolute Gasteiger partial charge is 0.494 e. The third kappa shape index (κ3) is 5.38. The fourth-order valence-electron chi connectivity index (χ4n) is 2.48. The van der Waals surface area contributed by atoms with Crippen molar-refractivity contribution in [1.29, 1.82) is 0 Å². The average Bonchev–Trinajstić information content (AvgIpc) is 2.75. The van der Waals surface area contributed by atoms with Crippen molar-refractivity contribution < 1.29 is 18.8 Å². The first-order chi connectivity index (χ1) is 12.1. The Morgan fingerprint density at radius 3 is 2.23 bits per heavy atom. The molecule has 0 spiro atoms. The predicted molar refractivity (Wildman–Crippen MR) is 104 cm³/mol. The minimum absolute atomic E-state index is 0.133. The number of amides is 2. The zero-order valence-corrected chi connectivity index (χ0v) is 16.7. The quantitative estimate of drug-likeness (QED) is 0.578. The molecule has 1 heterocycles. The highest BCUT2D eigenvalue weighted by Gasteiger charge is 2.51. The van der Waals surface area contributed by atoms with E-state index in [-0.39, 0.29) is 30.4 Å². The second kappa shape index (κ2) is 8.31. The normalized spacial score (nSPS) is 18.0. The van der Waals surface area contributed by atoms with E-state index in [1.807, 2.05) is 65.8 Å². The molecular weight excluding hydrogens is 331 g/mol. The van der Waals surface area contributed by atoms with E-state index >= 15 is 0 Å². The van der Waals surface area contributed by atoms with Crippen molar-refractivity contribution in [3.05, 3.63) is 24.3 Å². The lowest BCUT2D eigenvalue weighted by Gasteiger charge is -2.32. The third-order valence-electron chi connectivity index (χ3n) is 4.70. The van der Waals surface area contributed by atoms with Gasteiger partial charge >= 0.3 is 13.1 Å². The van der Waals surface area contributed by atoms with Gasteiger partial charge in [-0.1, -0.05) is 12.1 Å². The van der Waals surface area contributed by atoms with Crippen LogP contribution in [0.2, 0.25) is 0 Å². The topological polar surface area (TPSA) is 68.8 Å². The van der Waals surface area contributed by atoms with Crippen molar-refractivity contribution in [2.75, 3.05) is 13.2 Å². The standard InChI is InChI=1S/C19H31BN2O4/c1-14(2)22-17(23)21-12-7-13-24-16-10-8-15(9-11-16)20-25-18(3,4)19(5,6)26-20/h8-11,14H,7,12-13H2,1-6H3,(H2,21,22,23). The monoisotopic (exact) mass is 362 g/mol. The number of rotatable bonds is 7. The van der Waals surface area contributed by atoms with Gasteiger partial charge in [-0.2, -0.15) is 0 Å². The van der Waals surface area contributed by atoms with Gasteiger partial charge in [-0.05, 0) is 65.6 Å². The van der Waals surface area contributed by atoms with E-state index in [1.165, 1.54) is 0 Å². The molecule has 0 saturated carbocycles. The molecule has 1 aliphatic rings. The number of urea groups is 1. The highest BCUT2D eigenvalue weighted by atomic mass is 16.7. The number of benzene rings is 1. The molecule has 2 amide bonds. The maximum absolute atomic E-state index is 11.5.